The fourth-order valence-corrected chi connectivity index (χ4v) is 2.83. The number of cyclic esters (lactones) is 1. The monoisotopic (exact) mass is 347 g/mol. The van der Waals surface area contributed by atoms with Gasteiger partial charge in [0.2, 0.25) is 5.91 Å². The Morgan fingerprint density at radius 3 is 2.67 bits per heavy atom. The molecule has 1 unspecified atom stereocenters. The number of rotatable bonds is 4. The van der Waals surface area contributed by atoms with Crippen LogP contribution in [0.25, 0.3) is 0 Å². The highest BCUT2D eigenvalue weighted by Gasteiger charge is 2.37. The smallest absolute Gasteiger partial charge is 0.416 e. The molecule has 4 nitrogen and oxygen atoms in total. The summed E-state index contributed by atoms with van der Waals surface area (Å²) in [7, 11) is 0. The SMILES string of the molecule is O=C(Cc1ccc(Cl)c(F)c1)N1C(=O)OCC1Cc1ccccc1. The van der Waals surface area contributed by atoms with Crippen molar-refractivity contribution in [3.05, 3.63) is 70.5 Å². The summed E-state index contributed by atoms with van der Waals surface area (Å²) in [5.74, 6) is -1.01. The van der Waals surface area contributed by atoms with E-state index in [-0.39, 0.29) is 24.1 Å². The van der Waals surface area contributed by atoms with Gasteiger partial charge in [-0.3, -0.25) is 4.79 Å². The average Bonchev–Trinajstić information content (AvgIpc) is 2.92. The molecule has 0 spiro atoms. The van der Waals surface area contributed by atoms with Gasteiger partial charge in [-0.25, -0.2) is 14.1 Å². The van der Waals surface area contributed by atoms with Gasteiger partial charge >= 0.3 is 6.09 Å². The van der Waals surface area contributed by atoms with Crippen LogP contribution in [0, 0.1) is 5.82 Å². The summed E-state index contributed by atoms with van der Waals surface area (Å²) in [5.41, 5.74) is 1.47. The van der Waals surface area contributed by atoms with Gasteiger partial charge in [0.15, 0.2) is 0 Å². The maximum atomic E-state index is 13.5. The molecule has 1 aliphatic heterocycles. The normalized spacial score (nSPS) is 17.0. The molecule has 1 saturated heterocycles. The van der Waals surface area contributed by atoms with Crippen LogP contribution in [-0.4, -0.2) is 29.5 Å². The van der Waals surface area contributed by atoms with Crippen molar-refractivity contribution in [2.75, 3.05) is 6.61 Å². The van der Waals surface area contributed by atoms with E-state index in [0.29, 0.717) is 12.0 Å². The molecule has 0 bridgehead atoms. The molecular weight excluding hydrogens is 333 g/mol. The Labute approximate surface area is 143 Å². The summed E-state index contributed by atoms with van der Waals surface area (Å²) in [5, 5.41) is -0.00580. The zero-order valence-electron chi connectivity index (χ0n) is 12.7. The Morgan fingerprint density at radius 2 is 1.96 bits per heavy atom. The van der Waals surface area contributed by atoms with E-state index in [2.05, 4.69) is 0 Å². The van der Waals surface area contributed by atoms with Crippen LogP contribution in [0.3, 0.4) is 0 Å². The first-order chi connectivity index (χ1) is 11.5. The van der Waals surface area contributed by atoms with E-state index in [1.165, 1.54) is 12.1 Å². The molecular formula is C18H15ClFNO3. The number of carbonyl (C=O) groups excluding carboxylic acids is 2. The minimum Gasteiger partial charge on any atom is -0.447 e. The highest BCUT2D eigenvalue weighted by Crippen LogP contribution is 2.20. The molecule has 2 aromatic carbocycles. The quantitative estimate of drug-likeness (QED) is 0.848. The Bertz CT molecular complexity index is 766. The third kappa shape index (κ3) is 3.57. The number of amides is 2. The van der Waals surface area contributed by atoms with E-state index < -0.39 is 17.8 Å². The van der Waals surface area contributed by atoms with Gasteiger partial charge in [-0.1, -0.05) is 48.0 Å². The van der Waals surface area contributed by atoms with E-state index in [9.17, 15) is 14.0 Å². The molecule has 1 atom stereocenters. The standard InChI is InChI=1S/C18H15ClFNO3/c19-15-7-6-13(9-16(15)20)10-17(22)21-14(11-24-18(21)23)8-12-4-2-1-3-5-12/h1-7,9,14H,8,10-11H2. The predicted molar refractivity (Wildman–Crippen MR) is 87.2 cm³/mol. The fourth-order valence-electron chi connectivity index (χ4n) is 2.71. The summed E-state index contributed by atoms with van der Waals surface area (Å²) in [6, 6.07) is 13.4. The number of ether oxygens (including phenoxy) is 1. The molecule has 6 heteroatoms. The van der Waals surface area contributed by atoms with Gasteiger partial charge in [0.25, 0.3) is 0 Å². The summed E-state index contributed by atoms with van der Waals surface area (Å²) in [6.07, 6.45) is -0.225. The summed E-state index contributed by atoms with van der Waals surface area (Å²) in [4.78, 5) is 25.5. The second kappa shape index (κ2) is 7.01. The highest BCUT2D eigenvalue weighted by atomic mass is 35.5. The van der Waals surface area contributed by atoms with Crippen LogP contribution in [0.5, 0.6) is 0 Å². The minimum absolute atomic E-state index is 0.00580. The zero-order chi connectivity index (χ0) is 17.1. The van der Waals surface area contributed by atoms with Crippen LogP contribution < -0.4 is 0 Å². The maximum Gasteiger partial charge on any atom is 0.416 e. The minimum atomic E-state index is -0.657. The molecule has 0 N–H and O–H groups in total. The summed E-state index contributed by atoms with van der Waals surface area (Å²) < 4.78 is 18.5. The predicted octanol–water partition coefficient (Wildman–Crippen LogP) is 3.61. The average molecular weight is 348 g/mol. The van der Waals surface area contributed by atoms with E-state index >= 15 is 0 Å². The molecule has 3 rings (SSSR count). The Hall–Kier alpha value is -2.40. The third-order valence-electron chi connectivity index (χ3n) is 3.88. The van der Waals surface area contributed by atoms with Gasteiger partial charge in [0.05, 0.1) is 17.5 Å². The van der Waals surface area contributed by atoms with Crippen molar-refractivity contribution in [2.45, 2.75) is 18.9 Å². The Balaban J connectivity index is 1.73. The molecule has 2 amide bonds. The van der Waals surface area contributed by atoms with Gasteiger partial charge in [0, 0.05) is 0 Å². The number of nitrogens with zero attached hydrogens (tertiary/aromatic N) is 1. The number of hydrogen-bond donors (Lipinski definition) is 0. The van der Waals surface area contributed by atoms with E-state index in [1.54, 1.807) is 6.07 Å². The van der Waals surface area contributed by atoms with Crippen LogP contribution in [0.1, 0.15) is 11.1 Å². The third-order valence-corrected chi connectivity index (χ3v) is 4.19. The number of halogens is 2. The van der Waals surface area contributed by atoms with Crippen LogP contribution in [0.2, 0.25) is 5.02 Å². The number of hydrogen-bond acceptors (Lipinski definition) is 3. The summed E-state index contributed by atoms with van der Waals surface area (Å²) in [6.45, 7) is 0.161. The molecule has 2 aromatic rings. The molecule has 124 valence electrons. The van der Waals surface area contributed by atoms with Crippen LogP contribution in [-0.2, 0) is 22.4 Å². The lowest BCUT2D eigenvalue weighted by atomic mass is 10.0. The summed E-state index contributed by atoms with van der Waals surface area (Å²) >= 11 is 5.64. The van der Waals surface area contributed by atoms with E-state index in [0.717, 1.165) is 10.5 Å². The van der Waals surface area contributed by atoms with Crippen molar-refractivity contribution < 1.29 is 18.7 Å². The molecule has 0 saturated carbocycles. The van der Waals surface area contributed by atoms with Crippen molar-refractivity contribution in [3.63, 3.8) is 0 Å². The fraction of sp³-hybridized carbons (Fsp3) is 0.222. The molecule has 1 heterocycles. The number of benzene rings is 2. The lowest BCUT2D eigenvalue weighted by Crippen LogP contribution is -2.41. The Morgan fingerprint density at radius 1 is 1.21 bits per heavy atom. The van der Waals surface area contributed by atoms with Gasteiger partial charge < -0.3 is 4.74 Å². The van der Waals surface area contributed by atoms with Crippen molar-refractivity contribution >= 4 is 23.6 Å². The van der Waals surface area contributed by atoms with Crippen LogP contribution >= 0.6 is 11.6 Å². The van der Waals surface area contributed by atoms with Crippen molar-refractivity contribution in [1.82, 2.24) is 4.90 Å². The van der Waals surface area contributed by atoms with Gasteiger partial charge in [-0.15, -0.1) is 0 Å². The van der Waals surface area contributed by atoms with E-state index in [4.69, 9.17) is 16.3 Å². The Kier molecular flexibility index (Phi) is 4.81. The first-order valence-electron chi connectivity index (χ1n) is 7.51. The van der Waals surface area contributed by atoms with Gasteiger partial charge in [-0.05, 0) is 29.7 Å². The molecule has 0 radical (unpaired) electrons. The maximum absolute atomic E-state index is 13.5. The van der Waals surface area contributed by atoms with Crippen LogP contribution in [0.4, 0.5) is 9.18 Å². The van der Waals surface area contributed by atoms with Gasteiger partial charge in [-0.2, -0.15) is 0 Å². The highest BCUT2D eigenvalue weighted by molar-refractivity contribution is 6.30. The largest absolute Gasteiger partial charge is 0.447 e. The second-order valence-corrected chi connectivity index (χ2v) is 6.02. The second-order valence-electron chi connectivity index (χ2n) is 5.61. The topological polar surface area (TPSA) is 46.6 Å². The number of imide groups is 1. The lowest BCUT2D eigenvalue weighted by molar-refractivity contribution is -0.128. The van der Waals surface area contributed by atoms with Crippen molar-refractivity contribution in [3.8, 4) is 0 Å². The van der Waals surface area contributed by atoms with Crippen molar-refractivity contribution in [2.24, 2.45) is 0 Å². The first-order valence-corrected chi connectivity index (χ1v) is 7.89. The molecule has 1 fully saturated rings. The van der Waals surface area contributed by atoms with Gasteiger partial charge in [0.1, 0.15) is 12.4 Å². The first kappa shape index (κ1) is 16.5. The molecule has 0 aliphatic carbocycles. The lowest BCUT2D eigenvalue weighted by Gasteiger charge is -2.19. The van der Waals surface area contributed by atoms with E-state index in [1.807, 2.05) is 30.3 Å². The van der Waals surface area contributed by atoms with Crippen LogP contribution in [0.15, 0.2) is 48.5 Å². The molecule has 24 heavy (non-hydrogen) atoms. The molecule has 0 aromatic heterocycles. The van der Waals surface area contributed by atoms with Crippen molar-refractivity contribution in [1.29, 1.82) is 0 Å². The molecule has 1 aliphatic rings. The number of carbonyl (C=O) groups is 2. The zero-order valence-corrected chi connectivity index (χ0v) is 13.5.